The molecule has 15 heavy (non-hydrogen) atoms. The second-order valence-electron chi connectivity index (χ2n) is 2.86. The molecule has 82 valence electrons. The summed E-state index contributed by atoms with van der Waals surface area (Å²) in [6, 6.07) is 3.13. The first-order chi connectivity index (χ1) is 7.04. The topological polar surface area (TPSA) is 26.3 Å². The van der Waals surface area contributed by atoms with E-state index in [9.17, 15) is 9.18 Å². The molecule has 0 N–H and O–H groups in total. The van der Waals surface area contributed by atoms with Crippen LogP contribution in [-0.4, -0.2) is 12.6 Å². The Bertz CT molecular complexity index is 357. The summed E-state index contributed by atoms with van der Waals surface area (Å²) in [6.45, 7) is 2.09. The molecule has 1 aromatic rings. The lowest BCUT2D eigenvalue weighted by Gasteiger charge is -2.04. The largest absolute Gasteiger partial charge is 0.466 e. The predicted molar refractivity (Wildman–Crippen MR) is 62.1 cm³/mol. The third kappa shape index (κ3) is 3.57. The van der Waals surface area contributed by atoms with Crippen LogP contribution in [0.15, 0.2) is 21.1 Å². The summed E-state index contributed by atoms with van der Waals surface area (Å²) in [6.07, 6.45) is 0.144. The van der Waals surface area contributed by atoms with Crippen molar-refractivity contribution in [3.63, 3.8) is 0 Å². The van der Waals surface area contributed by atoms with E-state index in [-0.39, 0.29) is 18.2 Å². The summed E-state index contributed by atoms with van der Waals surface area (Å²) >= 11 is 6.14. The molecular weight excluding hydrogens is 331 g/mol. The van der Waals surface area contributed by atoms with Crippen LogP contribution in [-0.2, 0) is 16.0 Å². The zero-order valence-electron chi connectivity index (χ0n) is 8.02. The van der Waals surface area contributed by atoms with Crippen LogP contribution in [0.25, 0.3) is 0 Å². The molecule has 0 saturated carbocycles. The summed E-state index contributed by atoms with van der Waals surface area (Å²) in [4.78, 5) is 11.2. The van der Waals surface area contributed by atoms with E-state index in [1.54, 1.807) is 19.1 Å². The number of carbonyl (C=O) groups excluding carboxylic acids is 1. The van der Waals surface area contributed by atoms with Gasteiger partial charge >= 0.3 is 5.97 Å². The summed E-state index contributed by atoms with van der Waals surface area (Å²) in [5.41, 5.74) is 0.702. The van der Waals surface area contributed by atoms with Gasteiger partial charge in [-0.25, -0.2) is 4.39 Å². The van der Waals surface area contributed by atoms with Gasteiger partial charge in [-0.1, -0.05) is 0 Å². The smallest absolute Gasteiger partial charge is 0.310 e. The van der Waals surface area contributed by atoms with Crippen molar-refractivity contribution in [1.29, 1.82) is 0 Å². The molecule has 0 aromatic heterocycles. The van der Waals surface area contributed by atoms with Crippen molar-refractivity contribution in [2.75, 3.05) is 6.61 Å². The molecule has 1 rings (SSSR count). The normalized spacial score (nSPS) is 10.1. The summed E-state index contributed by atoms with van der Waals surface area (Å²) in [5.74, 6) is -0.689. The van der Waals surface area contributed by atoms with Gasteiger partial charge in [0.15, 0.2) is 5.82 Å². The van der Waals surface area contributed by atoms with E-state index in [4.69, 9.17) is 4.74 Å². The van der Waals surface area contributed by atoms with Crippen molar-refractivity contribution < 1.29 is 13.9 Å². The first-order valence-electron chi connectivity index (χ1n) is 4.33. The Balaban J connectivity index is 2.83. The first-order valence-corrected chi connectivity index (χ1v) is 5.92. The standard InChI is InChI=1S/C10H9Br2FO2/c1-2-15-9(14)5-6-3-7(11)10(13)8(12)4-6/h3-4H,2,5H2,1H3. The third-order valence-corrected chi connectivity index (χ3v) is 2.85. The predicted octanol–water partition coefficient (Wildman–Crippen LogP) is 3.46. The minimum atomic E-state index is -0.373. The minimum Gasteiger partial charge on any atom is -0.466 e. The van der Waals surface area contributed by atoms with Gasteiger partial charge in [0.1, 0.15) is 0 Å². The molecule has 0 bridgehead atoms. The zero-order valence-corrected chi connectivity index (χ0v) is 11.2. The average molecular weight is 340 g/mol. The van der Waals surface area contributed by atoms with Gasteiger partial charge in [-0.3, -0.25) is 4.79 Å². The van der Waals surface area contributed by atoms with E-state index in [2.05, 4.69) is 31.9 Å². The summed E-state index contributed by atoms with van der Waals surface area (Å²) in [5, 5.41) is 0. The molecule has 0 saturated heterocycles. The molecule has 0 radical (unpaired) electrons. The molecule has 0 aliphatic carbocycles. The summed E-state index contributed by atoms with van der Waals surface area (Å²) in [7, 11) is 0. The summed E-state index contributed by atoms with van der Waals surface area (Å²) < 4.78 is 18.6. The van der Waals surface area contributed by atoms with Crippen LogP contribution in [0.2, 0.25) is 0 Å². The molecule has 0 aliphatic rings. The van der Waals surface area contributed by atoms with Gasteiger partial charge in [0.2, 0.25) is 0 Å². The van der Waals surface area contributed by atoms with Gasteiger partial charge in [0.25, 0.3) is 0 Å². The van der Waals surface area contributed by atoms with Crippen molar-refractivity contribution >= 4 is 37.8 Å². The number of benzene rings is 1. The minimum absolute atomic E-state index is 0.144. The Morgan fingerprint density at radius 3 is 2.40 bits per heavy atom. The molecule has 0 amide bonds. The van der Waals surface area contributed by atoms with Crippen molar-refractivity contribution in [2.24, 2.45) is 0 Å². The molecule has 0 atom stereocenters. The molecule has 2 nitrogen and oxygen atoms in total. The first kappa shape index (κ1) is 12.6. The highest BCUT2D eigenvalue weighted by molar-refractivity contribution is 9.11. The Labute approximate surface area is 104 Å². The van der Waals surface area contributed by atoms with Crippen LogP contribution >= 0.6 is 31.9 Å². The van der Waals surface area contributed by atoms with Crippen LogP contribution in [0, 0.1) is 5.82 Å². The van der Waals surface area contributed by atoms with Crippen LogP contribution in [0.3, 0.4) is 0 Å². The fraction of sp³-hybridized carbons (Fsp3) is 0.300. The fourth-order valence-corrected chi connectivity index (χ4v) is 2.37. The maximum Gasteiger partial charge on any atom is 0.310 e. The fourth-order valence-electron chi connectivity index (χ4n) is 1.09. The lowest BCUT2D eigenvalue weighted by molar-refractivity contribution is -0.142. The van der Waals surface area contributed by atoms with E-state index < -0.39 is 0 Å². The third-order valence-electron chi connectivity index (χ3n) is 1.70. The van der Waals surface area contributed by atoms with E-state index in [0.717, 1.165) is 0 Å². The maximum atomic E-state index is 13.2. The van der Waals surface area contributed by atoms with Crippen LogP contribution in [0.1, 0.15) is 12.5 Å². The van der Waals surface area contributed by atoms with Gasteiger partial charge < -0.3 is 4.74 Å². The molecule has 5 heteroatoms. The highest BCUT2D eigenvalue weighted by Crippen LogP contribution is 2.25. The number of ether oxygens (including phenoxy) is 1. The Morgan fingerprint density at radius 1 is 1.40 bits per heavy atom. The zero-order chi connectivity index (χ0) is 11.4. The van der Waals surface area contributed by atoms with Crippen molar-refractivity contribution in [1.82, 2.24) is 0 Å². The quantitative estimate of drug-likeness (QED) is 0.622. The SMILES string of the molecule is CCOC(=O)Cc1cc(Br)c(F)c(Br)c1. The molecule has 0 unspecified atom stereocenters. The molecule has 0 heterocycles. The number of halogens is 3. The number of esters is 1. The Hall–Kier alpha value is -0.420. The van der Waals surface area contributed by atoms with E-state index in [1.807, 2.05) is 0 Å². The second-order valence-corrected chi connectivity index (χ2v) is 4.56. The molecule has 0 aliphatic heterocycles. The van der Waals surface area contributed by atoms with Crippen LogP contribution in [0.5, 0.6) is 0 Å². The van der Waals surface area contributed by atoms with Crippen molar-refractivity contribution in [3.8, 4) is 0 Å². The molecule has 0 fully saturated rings. The van der Waals surface area contributed by atoms with E-state index in [1.165, 1.54) is 0 Å². The number of carbonyl (C=O) groups is 1. The lowest BCUT2D eigenvalue weighted by Crippen LogP contribution is -2.07. The van der Waals surface area contributed by atoms with Gasteiger partial charge in [-0.2, -0.15) is 0 Å². The molecule has 0 spiro atoms. The van der Waals surface area contributed by atoms with Gasteiger partial charge in [-0.15, -0.1) is 0 Å². The highest BCUT2D eigenvalue weighted by Gasteiger charge is 2.10. The second kappa shape index (κ2) is 5.61. The van der Waals surface area contributed by atoms with Crippen LogP contribution in [0.4, 0.5) is 4.39 Å². The van der Waals surface area contributed by atoms with Gasteiger partial charge in [-0.05, 0) is 56.5 Å². The molecule has 1 aromatic carbocycles. The van der Waals surface area contributed by atoms with E-state index in [0.29, 0.717) is 21.1 Å². The average Bonchev–Trinajstić information content (AvgIpc) is 2.14. The Kier molecular flexibility index (Phi) is 4.73. The highest BCUT2D eigenvalue weighted by atomic mass is 79.9. The monoisotopic (exact) mass is 338 g/mol. The lowest BCUT2D eigenvalue weighted by atomic mass is 10.1. The van der Waals surface area contributed by atoms with Gasteiger partial charge in [0.05, 0.1) is 22.0 Å². The van der Waals surface area contributed by atoms with Crippen LogP contribution < -0.4 is 0 Å². The van der Waals surface area contributed by atoms with E-state index >= 15 is 0 Å². The number of hydrogen-bond acceptors (Lipinski definition) is 2. The molecular formula is C10H9Br2FO2. The van der Waals surface area contributed by atoms with Crippen molar-refractivity contribution in [2.45, 2.75) is 13.3 Å². The maximum absolute atomic E-state index is 13.2. The van der Waals surface area contributed by atoms with Gasteiger partial charge in [0, 0.05) is 0 Å². The number of rotatable bonds is 3. The number of hydrogen-bond donors (Lipinski definition) is 0. The Morgan fingerprint density at radius 2 is 1.93 bits per heavy atom. The van der Waals surface area contributed by atoms with Crippen molar-refractivity contribution in [3.05, 3.63) is 32.5 Å².